The molecule has 23 heavy (non-hydrogen) atoms. The summed E-state index contributed by atoms with van der Waals surface area (Å²) in [5.41, 5.74) is 0.792. The van der Waals surface area contributed by atoms with Gasteiger partial charge in [0.25, 0.3) is 0 Å². The van der Waals surface area contributed by atoms with Gasteiger partial charge >= 0.3 is 5.97 Å². The summed E-state index contributed by atoms with van der Waals surface area (Å²) in [6.07, 6.45) is 0.176. The average Bonchev–Trinajstić information content (AvgIpc) is 3.03. The van der Waals surface area contributed by atoms with Crippen LogP contribution in [0.2, 0.25) is 0 Å². The van der Waals surface area contributed by atoms with Gasteiger partial charge < -0.3 is 14.2 Å². The van der Waals surface area contributed by atoms with E-state index >= 15 is 0 Å². The third-order valence-corrected chi connectivity index (χ3v) is 3.43. The summed E-state index contributed by atoms with van der Waals surface area (Å²) in [4.78, 5) is 29.2. The van der Waals surface area contributed by atoms with Gasteiger partial charge in [0.15, 0.2) is 5.82 Å². The largest absolute Gasteiger partial charge is 0.469 e. The monoisotopic (exact) mass is 317 g/mol. The number of benzene rings is 1. The molecule has 2 aromatic rings. The van der Waals surface area contributed by atoms with Gasteiger partial charge in [-0.25, -0.2) is 0 Å². The Hall–Kier alpha value is -2.70. The van der Waals surface area contributed by atoms with Crippen LogP contribution < -0.4 is 4.90 Å². The van der Waals surface area contributed by atoms with Gasteiger partial charge in [-0.2, -0.15) is 4.98 Å². The lowest BCUT2D eigenvalue weighted by atomic mass is 10.1. The number of rotatable bonds is 6. The Morgan fingerprint density at radius 3 is 2.65 bits per heavy atom. The van der Waals surface area contributed by atoms with E-state index in [-0.39, 0.29) is 30.6 Å². The van der Waals surface area contributed by atoms with Crippen molar-refractivity contribution in [1.82, 2.24) is 10.1 Å². The molecule has 0 aliphatic carbocycles. The molecule has 0 aliphatic heterocycles. The van der Waals surface area contributed by atoms with Crippen LogP contribution in [0.25, 0.3) is 0 Å². The number of para-hydroxylation sites is 1. The average molecular weight is 317 g/mol. The van der Waals surface area contributed by atoms with Gasteiger partial charge in [0, 0.05) is 18.7 Å². The summed E-state index contributed by atoms with van der Waals surface area (Å²) in [5, 5.41) is 3.80. The quantitative estimate of drug-likeness (QED) is 0.757. The number of nitrogens with zero attached hydrogens (tertiary/aromatic N) is 3. The number of hydrogen-bond acceptors (Lipinski definition) is 6. The molecule has 1 heterocycles. The molecule has 0 aliphatic rings. The number of aromatic nitrogens is 2. The first-order valence-corrected chi connectivity index (χ1v) is 7.22. The minimum Gasteiger partial charge on any atom is -0.469 e. The van der Waals surface area contributed by atoms with E-state index in [1.54, 1.807) is 14.0 Å². The van der Waals surface area contributed by atoms with Crippen LogP contribution in [0.15, 0.2) is 34.9 Å². The van der Waals surface area contributed by atoms with Crippen molar-refractivity contribution in [3.8, 4) is 0 Å². The molecular weight excluding hydrogens is 298 g/mol. The van der Waals surface area contributed by atoms with Gasteiger partial charge in [0.2, 0.25) is 11.8 Å². The van der Waals surface area contributed by atoms with E-state index in [0.29, 0.717) is 11.7 Å². The predicted octanol–water partition coefficient (Wildman–Crippen LogP) is 1.94. The molecule has 122 valence electrons. The number of anilines is 1. The maximum absolute atomic E-state index is 12.2. The van der Waals surface area contributed by atoms with Crippen LogP contribution in [0.4, 0.5) is 5.69 Å². The molecule has 0 bridgehead atoms. The third kappa shape index (κ3) is 4.38. The highest BCUT2D eigenvalue weighted by atomic mass is 16.5. The van der Waals surface area contributed by atoms with E-state index < -0.39 is 0 Å². The minimum absolute atomic E-state index is 0.0276. The lowest BCUT2D eigenvalue weighted by molar-refractivity contribution is -0.141. The third-order valence-electron chi connectivity index (χ3n) is 3.43. The normalized spacial score (nSPS) is 11.8. The fourth-order valence-electron chi connectivity index (χ4n) is 2.01. The number of esters is 1. The van der Waals surface area contributed by atoms with Crippen LogP contribution in [-0.4, -0.2) is 36.2 Å². The molecule has 1 amide bonds. The topological polar surface area (TPSA) is 85.5 Å². The first-order valence-electron chi connectivity index (χ1n) is 7.22. The van der Waals surface area contributed by atoms with Gasteiger partial charge in [-0.3, -0.25) is 9.59 Å². The Labute approximate surface area is 134 Å². The van der Waals surface area contributed by atoms with E-state index in [9.17, 15) is 9.59 Å². The first kappa shape index (κ1) is 16.7. The fraction of sp³-hybridized carbons (Fsp3) is 0.375. The van der Waals surface area contributed by atoms with Crippen LogP contribution in [0.3, 0.4) is 0 Å². The lowest BCUT2D eigenvalue weighted by Crippen LogP contribution is -2.28. The Morgan fingerprint density at radius 2 is 2.00 bits per heavy atom. The van der Waals surface area contributed by atoms with Crippen molar-refractivity contribution >= 4 is 17.6 Å². The van der Waals surface area contributed by atoms with E-state index in [1.807, 2.05) is 30.3 Å². The van der Waals surface area contributed by atoms with Crippen molar-refractivity contribution in [2.45, 2.75) is 25.7 Å². The predicted molar refractivity (Wildman–Crippen MR) is 82.9 cm³/mol. The number of carbonyl (C=O) groups excluding carboxylic acids is 2. The van der Waals surface area contributed by atoms with Crippen LogP contribution in [0.1, 0.15) is 31.0 Å². The highest BCUT2D eigenvalue weighted by Gasteiger charge is 2.20. The van der Waals surface area contributed by atoms with Crippen molar-refractivity contribution in [2.75, 3.05) is 19.1 Å². The van der Waals surface area contributed by atoms with E-state index in [1.165, 1.54) is 12.0 Å². The van der Waals surface area contributed by atoms with Crippen molar-refractivity contribution < 1.29 is 18.8 Å². The van der Waals surface area contributed by atoms with Gasteiger partial charge in [-0.15, -0.1) is 0 Å². The van der Waals surface area contributed by atoms with Gasteiger partial charge in [0.05, 0.1) is 20.0 Å². The Kier molecular flexibility index (Phi) is 5.46. The number of likely N-dealkylation sites (N-methyl/N-ethyl adjacent to an activating group) is 1. The second-order valence-electron chi connectivity index (χ2n) is 5.20. The summed E-state index contributed by atoms with van der Waals surface area (Å²) < 4.78 is 9.72. The van der Waals surface area contributed by atoms with Gasteiger partial charge in [-0.1, -0.05) is 30.3 Å². The number of ether oxygens (including phenoxy) is 1. The molecular formula is C16H19N3O4. The summed E-state index contributed by atoms with van der Waals surface area (Å²) in [5.74, 6) is -0.142. The van der Waals surface area contributed by atoms with E-state index in [2.05, 4.69) is 14.9 Å². The zero-order valence-corrected chi connectivity index (χ0v) is 13.4. The fourth-order valence-corrected chi connectivity index (χ4v) is 2.01. The maximum atomic E-state index is 12.2. The van der Waals surface area contributed by atoms with Crippen LogP contribution >= 0.6 is 0 Å². The second-order valence-corrected chi connectivity index (χ2v) is 5.20. The van der Waals surface area contributed by atoms with Crippen molar-refractivity contribution in [3.63, 3.8) is 0 Å². The van der Waals surface area contributed by atoms with Crippen LogP contribution in [0.5, 0.6) is 0 Å². The summed E-state index contributed by atoms with van der Waals surface area (Å²) in [6, 6.07) is 9.30. The Bertz CT molecular complexity index is 669. The molecule has 1 aromatic heterocycles. The molecule has 0 saturated heterocycles. The minimum atomic E-state index is -0.350. The molecule has 1 atom stereocenters. The van der Waals surface area contributed by atoms with E-state index in [4.69, 9.17) is 4.52 Å². The number of hydrogen-bond donors (Lipinski definition) is 0. The van der Waals surface area contributed by atoms with Crippen molar-refractivity contribution in [1.29, 1.82) is 0 Å². The smallest absolute Gasteiger partial charge is 0.306 e. The van der Waals surface area contributed by atoms with Crippen molar-refractivity contribution in [3.05, 3.63) is 42.0 Å². The molecule has 7 nitrogen and oxygen atoms in total. The molecule has 0 fully saturated rings. The Balaban J connectivity index is 1.98. The summed E-state index contributed by atoms with van der Waals surface area (Å²) in [6.45, 7) is 1.78. The summed E-state index contributed by atoms with van der Waals surface area (Å²) >= 11 is 0. The highest BCUT2D eigenvalue weighted by Crippen LogP contribution is 2.18. The number of methoxy groups -OCH3 is 1. The first-order chi connectivity index (χ1) is 11.0. The van der Waals surface area contributed by atoms with Gasteiger partial charge in [-0.05, 0) is 12.1 Å². The standard InChI is InChI=1S/C16H19N3O4/c1-11(9-15(21)22-3)16-17-13(18-23-16)10-14(20)19(2)12-7-5-4-6-8-12/h4-8,11H,9-10H2,1-3H3/t11-/m0/s1. The molecule has 2 rings (SSSR count). The molecule has 7 heteroatoms. The van der Waals surface area contributed by atoms with Crippen LogP contribution in [0, 0.1) is 0 Å². The maximum Gasteiger partial charge on any atom is 0.306 e. The zero-order chi connectivity index (χ0) is 16.8. The molecule has 0 saturated carbocycles. The summed E-state index contributed by atoms with van der Waals surface area (Å²) in [7, 11) is 3.02. The second kappa shape index (κ2) is 7.53. The van der Waals surface area contributed by atoms with Gasteiger partial charge in [0.1, 0.15) is 0 Å². The number of amides is 1. The molecule has 0 spiro atoms. The lowest BCUT2D eigenvalue weighted by Gasteiger charge is -2.16. The Morgan fingerprint density at radius 1 is 1.30 bits per heavy atom. The van der Waals surface area contributed by atoms with E-state index in [0.717, 1.165) is 5.69 Å². The van der Waals surface area contributed by atoms with Crippen molar-refractivity contribution in [2.24, 2.45) is 0 Å². The molecule has 0 unspecified atom stereocenters. The molecule has 0 radical (unpaired) electrons. The molecule has 0 N–H and O–H groups in total. The SMILES string of the molecule is COC(=O)C[C@H](C)c1nc(CC(=O)N(C)c2ccccc2)no1. The van der Waals surface area contributed by atoms with Crippen LogP contribution in [-0.2, 0) is 20.7 Å². The molecule has 1 aromatic carbocycles. The highest BCUT2D eigenvalue weighted by molar-refractivity contribution is 5.93. The number of carbonyl (C=O) groups is 2. The zero-order valence-electron chi connectivity index (χ0n) is 13.4.